The molecule has 0 saturated heterocycles. The number of nitrogens with two attached hydrogens (primary N) is 1. The van der Waals surface area contributed by atoms with E-state index >= 15 is 0 Å². The molecule has 0 bridgehead atoms. The Morgan fingerprint density at radius 3 is 2.78 bits per heavy atom. The molecule has 0 aromatic carbocycles. The normalized spacial score (nSPS) is 12.8. The maximum atomic E-state index is 10.6. The van der Waals surface area contributed by atoms with Gasteiger partial charge in [-0.1, -0.05) is 6.92 Å². The molecule has 0 rings (SSSR count). The Morgan fingerprint density at radius 1 is 1.89 bits per heavy atom. The lowest BCUT2D eigenvalue weighted by atomic mass is 10.2. The minimum absolute atomic E-state index is 0.368. The Kier molecular flexibility index (Phi) is 4.05. The molecule has 0 saturated carbocycles. The summed E-state index contributed by atoms with van der Waals surface area (Å²) in [7, 11) is 0. The number of carbonyl (C=O) groups is 1. The molecule has 0 aliphatic heterocycles. The molecule has 0 aliphatic rings. The average Bonchev–Trinajstić information content (AvgIpc) is 1.87. The van der Waals surface area contributed by atoms with E-state index in [1.165, 1.54) is 0 Å². The summed E-state index contributed by atoms with van der Waals surface area (Å²) in [6.07, 6.45) is 0.388. The summed E-state index contributed by atoms with van der Waals surface area (Å²) >= 11 is 0. The van der Waals surface area contributed by atoms with Gasteiger partial charge in [-0.15, -0.1) is 0 Å². The largest absolute Gasteiger partial charge is 0.465 e. The van der Waals surface area contributed by atoms with Gasteiger partial charge in [-0.05, 0) is 13.3 Å². The molecule has 1 unspecified atom stereocenters. The van der Waals surface area contributed by atoms with Crippen molar-refractivity contribution in [2.24, 2.45) is 5.73 Å². The second-order valence-electron chi connectivity index (χ2n) is 1.65. The smallest absolute Gasteiger partial charge is 0.322 e. The van der Waals surface area contributed by atoms with E-state index in [0.717, 1.165) is 0 Å². The lowest BCUT2D eigenvalue weighted by Gasteiger charge is -2.05. The molecule has 53 valence electrons. The summed E-state index contributed by atoms with van der Waals surface area (Å²) in [6, 6.07) is -0.551. The fourth-order valence-electron chi connectivity index (χ4n) is 0.367. The van der Waals surface area contributed by atoms with E-state index in [1.807, 2.05) is 0 Å². The highest BCUT2D eigenvalue weighted by molar-refractivity contribution is 5.75. The van der Waals surface area contributed by atoms with Crippen molar-refractivity contribution in [3.63, 3.8) is 0 Å². The van der Waals surface area contributed by atoms with Gasteiger partial charge < -0.3 is 10.5 Å². The van der Waals surface area contributed by atoms with Gasteiger partial charge >= 0.3 is 5.97 Å². The maximum absolute atomic E-state index is 10.6. The summed E-state index contributed by atoms with van der Waals surface area (Å²) < 4.78 is 4.59. The van der Waals surface area contributed by atoms with Crippen LogP contribution in [0.4, 0.5) is 0 Å². The first-order chi connectivity index (χ1) is 4.22. The molecule has 0 aromatic rings. The van der Waals surface area contributed by atoms with Crippen LogP contribution in [0.2, 0.25) is 0 Å². The number of hydrogen-bond acceptors (Lipinski definition) is 3. The van der Waals surface area contributed by atoms with Crippen molar-refractivity contribution in [1.82, 2.24) is 0 Å². The van der Waals surface area contributed by atoms with Crippen LogP contribution in [0, 0.1) is 6.92 Å². The second-order valence-corrected chi connectivity index (χ2v) is 1.65. The van der Waals surface area contributed by atoms with E-state index in [-0.39, 0.29) is 5.97 Å². The van der Waals surface area contributed by atoms with E-state index in [1.54, 1.807) is 6.92 Å². The van der Waals surface area contributed by atoms with Crippen LogP contribution in [0.15, 0.2) is 0 Å². The average molecular weight is 130 g/mol. The van der Waals surface area contributed by atoms with Crippen molar-refractivity contribution >= 4 is 5.97 Å². The quantitative estimate of drug-likeness (QED) is 0.551. The Balaban J connectivity index is 3.46. The topological polar surface area (TPSA) is 52.3 Å². The molecule has 0 amide bonds. The Bertz CT molecular complexity index is 93.1. The van der Waals surface area contributed by atoms with E-state index in [9.17, 15) is 4.79 Å². The zero-order chi connectivity index (χ0) is 7.28. The van der Waals surface area contributed by atoms with Crippen molar-refractivity contribution in [3.05, 3.63) is 6.92 Å². The van der Waals surface area contributed by atoms with Crippen LogP contribution in [0.25, 0.3) is 0 Å². The molecular weight excluding hydrogens is 118 g/mol. The number of esters is 1. The second kappa shape index (κ2) is 4.32. The highest BCUT2D eigenvalue weighted by Gasteiger charge is 2.10. The molecule has 0 heterocycles. The molecular formula is C6H12NO2. The standard InChI is InChI=1S/C6H12NO2/c1-3-5(7)6(8)9-4-2/h5H,1,3-4,7H2,2H3. The summed E-state index contributed by atoms with van der Waals surface area (Å²) in [5.41, 5.74) is 5.27. The molecule has 1 radical (unpaired) electrons. The van der Waals surface area contributed by atoms with Crippen LogP contribution in [0.3, 0.4) is 0 Å². The summed E-state index contributed by atoms with van der Waals surface area (Å²) in [5.74, 6) is -0.368. The molecule has 1 atom stereocenters. The van der Waals surface area contributed by atoms with Crippen molar-refractivity contribution in [2.45, 2.75) is 19.4 Å². The minimum Gasteiger partial charge on any atom is -0.465 e. The van der Waals surface area contributed by atoms with Gasteiger partial charge in [0.15, 0.2) is 0 Å². The van der Waals surface area contributed by atoms with Crippen LogP contribution in [0.5, 0.6) is 0 Å². The SMILES string of the molecule is [CH2]CC(N)C(=O)OCC. The van der Waals surface area contributed by atoms with Gasteiger partial charge in [0.25, 0.3) is 0 Å². The van der Waals surface area contributed by atoms with Crippen molar-refractivity contribution in [2.75, 3.05) is 6.61 Å². The van der Waals surface area contributed by atoms with Crippen LogP contribution < -0.4 is 5.73 Å². The lowest BCUT2D eigenvalue weighted by molar-refractivity contribution is -0.144. The van der Waals surface area contributed by atoms with Crippen molar-refractivity contribution in [1.29, 1.82) is 0 Å². The van der Waals surface area contributed by atoms with Crippen LogP contribution >= 0.6 is 0 Å². The Labute approximate surface area is 55.2 Å². The van der Waals surface area contributed by atoms with E-state index < -0.39 is 6.04 Å². The van der Waals surface area contributed by atoms with E-state index in [2.05, 4.69) is 11.7 Å². The Hall–Kier alpha value is -0.570. The highest BCUT2D eigenvalue weighted by Crippen LogP contribution is 1.88. The van der Waals surface area contributed by atoms with Gasteiger partial charge in [0.05, 0.1) is 6.61 Å². The Morgan fingerprint density at radius 2 is 2.44 bits per heavy atom. The molecule has 2 N–H and O–H groups in total. The first-order valence-corrected chi connectivity index (χ1v) is 2.93. The number of hydrogen-bond donors (Lipinski definition) is 1. The van der Waals surface area contributed by atoms with Crippen molar-refractivity contribution < 1.29 is 9.53 Å². The molecule has 0 aliphatic carbocycles. The molecule has 0 spiro atoms. The maximum Gasteiger partial charge on any atom is 0.322 e. The zero-order valence-electron chi connectivity index (χ0n) is 5.59. The summed E-state index contributed by atoms with van der Waals surface area (Å²) in [4.78, 5) is 10.6. The number of rotatable bonds is 3. The first kappa shape index (κ1) is 8.43. The van der Waals surface area contributed by atoms with Crippen molar-refractivity contribution in [3.8, 4) is 0 Å². The van der Waals surface area contributed by atoms with E-state index in [0.29, 0.717) is 13.0 Å². The van der Waals surface area contributed by atoms with Gasteiger partial charge in [-0.2, -0.15) is 0 Å². The fraction of sp³-hybridized carbons (Fsp3) is 0.667. The van der Waals surface area contributed by atoms with Gasteiger partial charge in [0, 0.05) is 0 Å². The predicted octanol–water partition coefficient (Wildman–Crippen LogP) is 0.101. The molecule has 3 heteroatoms. The third-order valence-electron chi connectivity index (χ3n) is 0.900. The third kappa shape index (κ3) is 3.08. The lowest BCUT2D eigenvalue weighted by Crippen LogP contribution is -2.31. The summed E-state index contributed by atoms with van der Waals surface area (Å²) in [6.45, 7) is 5.59. The fourth-order valence-corrected chi connectivity index (χ4v) is 0.367. The van der Waals surface area contributed by atoms with E-state index in [4.69, 9.17) is 5.73 Å². The van der Waals surface area contributed by atoms with Gasteiger partial charge in [-0.25, -0.2) is 0 Å². The predicted molar refractivity (Wildman–Crippen MR) is 34.6 cm³/mol. The number of ether oxygens (including phenoxy) is 1. The molecule has 3 nitrogen and oxygen atoms in total. The molecule has 0 aromatic heterocycles. The van der Waals surface area contributed by atoms with Gasteiger partial charge in [0.1, 0.15) is 6.04 Å². The molecule has 9 heavy (non-hydrogen) atoms. The monoisotopic (exact) mass is 130 g/mol. The zero-order valence-corrected chi connectivity index (χ0v) is 5.59. The highest BCUT2D eigenvalue weighted by atomic mass is 16.5. The third-order valence-corrected chi connectivity index (χ3v) is 0.900. The number of carbonyl (C=O) groups excluding carboxylic acids is 1. The van der Waals surface area contributed by atoms with Crippen LogP contribution in [-0.2, 0) is 9.53 Å². The van der Waals surface area contributed by atoms with Gasteiger partial charge in [0.2, 0.25) is 0 Å². The van der Waals surface area contributed by atoms with Crippen LogP contribution in [0.1, 0.15) is 13.3 Å². The minimum atomic E-state index is -0.551. The van der Waals surface area contributed by atoms with Gasteiger partial charge in [-0.3, -0.25) is 4.79 Å². The molecule has 0 fully saturated rings. The van der Waals surface area contributed by atoms with Crippen LogP contribution in [-0.4, -0.2) is 18.6 Å². The first-order valence-electron chi connectivity index (χ1n) is 2.93. The summed E-state index contributed by atoms with van der Waals surface area (Å²) in [5, 5.41) is 0.